The summed E-state index contributed by atoms with van der Waals surface area (Å²) >= 11 is 0. The molecule has 0 bridgehead atoms. The van der Waals surface area contributed by atoms with Crippen molar-refractivity contribution in [2.24, 2.45) is 4.99 Å². The van der Waals surface area contributed by atoms with Crippen LogP contribution < -0.4 is 5.56 Å². The SMILES string of the molecule is CCn1c(=O)c(C(C)=NC(CO)(CO)CO)c(O)c2ccccc21. The molecule has 2 rings (SSSR count). The number of aliphatic imine (C=N–C) groups is 1. The molecule has 0 aliphatic carbocycles. The zero-order valence-corrected chi connectivity index (χ0v) is 13.7. The molecule has 0 fully saturated rings. The number of nitrogens with zero attached hydrogens (tertiary/aromatic N) is 2. The summed E-state index contributed by atoms with van der Waals surface area (Å²) in [6.45, 7) is 1.96. The van der Waals surface area contributed by atoms with Crippen LogP contribution in [0.3, 0.4) is 0 Å². The number of aliphatic hydroxyl groups excluding tert-OH is 3. The molecule has 1 aromatic heterocycles. The number of benzene rings is 1. The standard InChI is InChI=1S/C17H22N2O5/c1-3-19-13-7-5-4-6-12(13)15(23)14(16(19)24)11(2)18-17(8-20,9-21)10-22/h4-7,20-23H,3,8-10H2,1-2H3. The van der Waals surface area contributed by atoms with Crippen LogP contribution in [-0.2, 0) is 6.54 Å². The topological polar surface area (TPSA) is 115 Å². The number of rotatable bonds is 6. The third kappa shape index (κ3) is 2.93. The summed E-state index contributed by atoms with van der Waals surface area (Å²) in [5.74, 6) is -0.204. The maximum atomic E-state index is 12.8. The van der Waals surface area contributed by atoms with Crippen molar-refractivity contribution in [3.05, 3.63) is 40.2 Å². The van der Waals surface area contributed by atoms with Crippen molar-refractivity contribution in [2.75, 3.05) is 19.8 Å². The summed E-state index contributed by atoms with van der Waals surface area (Å²) < 4.78 is 1.52. The molecule has 0 saturated heterocycles. The Labute approximate surface area is 139 Å². The van der Waals surface area contributed by atoms with Crippen molar-refractivity contribution in [3.63, 3.8) is 0 Å². The smallest absolute Gasteiger partial charge is 0.263 e. The van der Waals surface area contributed by atoms with Crippen molar-refractivity contribution in [2.45, 2.75) is 25.9 Å². The van der Waals surface area contributed by atoms with Crippen LogP contribution in [0, 0.1) is 0 Å². The minimum Gasteiger partial charge on any atom is -0.506 e. The highest BCUT2D eigenvalue weighted by atomic mass is 16.3. The van der Waals surface area contributed by atoms with Gasteiger partial charge in [0.05, 0.1) is 25.3 Å². The van der Waals surface area contributed by atoms with E-state index in [-0.39, 0.29) is 17.0 Å². The lowest BCUT2D eigenvalue weighted by Crippen LogP contribution is -2.41. The Morgan fingerprint density at radius 1 is 1.17 bits per heavy atom. The first-order valence-electron chi connectivity index (χ1n) is 7.68. The van der Waals surface area contributed by atoms with E-state index in [9.17, 15) is 25.2 Å². The molecule has 4 N–H and O–H groups in total. The number of hydrogen-bond donors (Lipinski definition) is 4. The second-order valence-corrected chi connectivity index (χ2v) is 5.69. The summed E-state index contributed by atoms with van der Waals surface area (Å²) in [5.41, 5.74) is -1.18. The van der Waals surface area contributed by atoms with Crippen molar-refractivity contribution in [1.82, 2.24) is 4.57 Å². The average molecular weight is 334 g/mol. The van der Waals surface area contributed by atoms with Gasteiger partial charge in [0.25, 0.3) is 5.56 Å². The summed E-state index contributed by atoms with van der Waals surface area (Å²) in [6.07, 6.45) is 0. The van der Waals surface area contributed by atoms with Gasteiger partial charge in [-0.15, -0.1) is 0 Å². The first kappa shape index (κ1) is 18.1. The van der Waals surface area contributed by atoms with Gasteiger partial charge in [-0.25, -0.2) is 0 Å². The minimum atomic E-state index is -1.51. The van der Waals surface area contributed by atoms with Crippen LogP contribution in [0.5, 0.6) is 5.75 Å². The molecule has 0 spiro atoms. The molecule has 7 heteroatoms. The van der Waals surface area contributed by atoms with Crippen LogP contribution in [0.15, 0.2) is 34.1 Å². The number of para-hydroxylation sites is 1. The largest absolute Gasteiger partial charge is 0.506 e. The van der Waals surface area contributed by atoms with Crippen LogP contribution in [0.4, 0.5) is 0 Å². The number of hydrogen-bond acceptors (Lipinski definition) is 6. The number of aromatic nitrogens is 1. The normalized spacial score (nSPS) is 12.8. The van der Waals surface area contributed by atoms with Gasteiger partial charge in [-0.2, -0.15) is 0 Å². The Kier molecular flexibility index (Phi) is 5.38. The van der Waals surface area contributed by atoms with E-state index in [1.807, 2.05) is 6.92 Å². The van der Waals surface area contributed by atoms with E-state index in [2.05, 4.69) is 4.99 Å². The van der Waals surface area contributed by atoms with Crippen molar-refractivity contribution in [3.8, 4) is 5.75 Å². The van der Waals surface area contributed by atoms with Gasteiger partial charge in [-0.1, -0.05) is 12.1 Å². The van der Waals surface area contributed by atoms with E-state index in [0.29, 0.717) is 17.4 Å². The fourth-order valence-corrected chi connectivity index (χ4v) is 2.70. The van der Waals surface area contributed by atoms with E-state index >= 15 is 0 Å². The monoisotopic (exact) mass is 334 g/mol. The number of pyridine rings is 1. The number of aryl methyl sites for hydroxylation is 1. The summed E-state index contributed by atoms with van der Waals surface area (Å²) in [7, 11) is 0. The predicted octanol–water partition coefficient (Wildman–Crippen LogP) is 0.252. The number of aromatic hydroxyl groups is 1. The summed E-state index contributed by atoms with van der Waals surface area (Å²) in [4.78, 5) is 16.9. The first-order valence-corrected chi connectivity index (χ1v) is 7.68. The molecule has 24 heavy (non-hydrogen) atoms. The van der Waals surface area contributed by atoms with Gasteiger partial charge in [-0.3, -0.25) is 9.79 Å². The lowest BCUT2D eigenvalue weighted by molar-refractivity contribution is 0.0714. The Morgan fingerprint density at radius 3 is 2.29 bits per heavy atom. The van der Waals surface area contributed by atoms with Gasteiger partial charge < -0.3 is 25.0 Å². The quantitative estimate of drug-likeness (QED) is 0.565. The van der Waals surface area contributed by atoms with E-state index in [1.54, 1.807) is 24.3 Å². The first-order chi connectivity index (χ1) is 11.4. The second-order valence-electron chi connectivity index (χ2n) is 5.69. The Morgan fingerprint density at radius 2 is 1.75 bits per heavy atom. The molecule has 0 aliphatic heterocycles. The summed E-state index contributed by atoms with van der Waals surface area (Å²) in [6, 6.07) is 6.98. The van der Waals surface area contributed by atoms with Crippen LogP contribution >= 0.6 is 0 Å². The molecule has 7 nitrogen and oxygen atoms in total. The molecular formula is C17H22N2O5. The third-order valence-electron chi connectivity index (χ3n) is 4.11. The van der Waals surface area contributed by atoms with E-state index in [0.717, 1.165) is 0 Å². The Bertz CT molecular complexity index is 813. The molecule has 0 atom stereocenters. The maximum Gasteiger partial charge on any atom is 0.263 e. The minimum absolute atomic E-state index is 0.00438. The van der Waals surface area contributed by atoms with Crippen LogP contribution in [0.25, 0.3) is 10.9 Å². The zero-order chi connectivity index (χ0) is 17.9. The third-order valence-corrected chi connectivity index (χ3v) is 4.11. The molecular weight excluding hydrogens is 312 g/mol. The van der Waals surface area contributed by atoms with Crippen molar-refractivity contribution < 1.29 is 20.4 Å². The van der Waals surface area contributed by atoms with Gasteiger partial charge in [0.15, 0.2) is 0 Å². The van der Waals surface area contributed by atoms with Crippen LogP contribution in [0.2, 0.25) is 0 Å². The van der Waals surface area contributed by atoms with Gasteiger partial charge in [0.2, 0.25) is 0 Å². The Balaban J connectivity index is 2.80. The van der Waals surface area contributed by atoms with Crippen molar-refractivity contribution >= 4 is 16.6 Å². The van der Waals surface area contributed by atoms with Crippen LogP contribution in [0.1, 0.15) is 19.4 Å². The lowest BCUT2D eigenvalue weighted by atomic mass is 10.0. The van der Waals surface area contributed by atoms with Gasteiger partial charge in [0, 0.05) is 17.6 Å². The van der Waals surface area contributed by atoms with E-state index in [4.69, 9.17) is 0 Å². The highest BCUT2D eigenvalue weighted by molar-refractivity contribution is 6.05. The lowest BCUT2D eigenvalue weighted by Gasteiger charge is -2.24. The maximum absolute atomic E-state index is 12.8. The van der Waals surface area contributed by atoms with Crippen molar-refractivity contribution in [1.29, 1.82) is 0 Å². The number of fused-ring (bicyclic) bond motifs is 1. The molecule has 0 aliphatic rings. The highest BCUT2D eigenvalue weighted by Gasteiger charge is 2.29. The molecule has 0 unspecified atom stereocenters. The molecule has 1 heterocycles. The Hall–Kier alpha value is -2.22. The number of aliphatic hydroxyl groups is 3. The molecule has 0 radical (unpaired) electrons. The van der Waals surface area contributed by atoms with Crippen LogP contribution in [-0.4, -0.2) is 56.1 Å². The molecule has 0 amide bonds. The van der Waals surface area contributed by atoms with E-state index < -0.39 is 30.9 Å². The predicted molar refractivity (Wildman–Crippen MR) is 91.7 cm³/mol. The van der Waals surface area contributed by atoms with Gasteiger partial charge in [-0.05, 0) is 26.0 Å². The fourth-order valence-electron chi connectivity index (χ4n) is 2.70. The average Bonchev–Trinajstić information content (AvgIpc) is 2.60. The highest BCUT2D eigenvalue weighted by Crippen LogP contribution is 2.27. The van der Waals surface area contributed by atoms with E-state index in [1.165, 1.54) is 11.5 Å². The molecule has 0 saturated carbocycles. The van der Waals surface area contributed by atoms with Gasteiger partial charge in [0.1, 0.15) is 16.9 Å². The van der Waals surface area contributed by atoms with Gasteiger partial charge >= 0.3 is 0 Å². The summed E-state index contributed by atoms with van der Waals surface area (Å²) in [5, 5.41) is 39.3. The zero-order valence-electron chi connectivity index (χ0n) is 13.7. The fraction of sp³-hybridized carbons (Fsp3) is 0.412. The molecule has 2 aromatic rings. The molecule has 1 aromatic carbocycles. The second kappa shape index (κ2) is 7.12. The molecule has 130 valence electrons.